The number of anilines is 1. The SMILES string of the molecule is COc1cc(F)ccc1C1N=CN=CN1c1cc(Cl)cc(CS(C)=O)c1. The van der Waals surface area contributed by atoms with Crippen LogP contribution in [0.25, 0.3) is 0 Å². The lowest BCUT2D eigenvalue weighted by molar-refractivity contribution is 0.402. The minimum atomic E-state index is -0.993. The molecular weight excluding hydrogens is 377 g/mol. The molecule has 26 heavy (non-hydrogen) atoms. The van der Waals surface area contributed by atoms with Gasteiger partial charge in [-0.05, 0) is 35.9 Å². The fraction of sp³-hybridized carbons (Fsp3) is 0.222. The second-order valence-corrected chi connectivity index (χ2v) is 7.60. The Balaban J connectivity index is 2.04. The van der Waals surface area contributed by atoms with Crippen molar-refractivity contribution in [3.8, 4) is 5.75 Å². The first-order chi connectivity index (χ1) is 12.5. The van der Waals surface area contributed by atoms with Crippen molar-refractivity contribution in [1.29, 1.82) is 0 Å². The van der Waals surface area contributed by atoms with Crippen molar-refractivity contribution in [2.75, 3.05) is 18.3 Å². The zero-order valence-corrected chi connectivity index (χ0v) is 15.8. The third kappa shape index (κ3) is 4.11. The molecule has 0 saturated carbocycles. The van der Waals surface area contributed by atoms with Gasteiger partial charge in [-0.3, -0.25) is 4.21 Å². The smallest absolute Gasteiger partial charge is 0.157 e. The predicted octanol–water partition coefficient (Wildman–Crippen LogP) is 3.94. The highest BCUT2D eigenvalue weighted by atomic mass is 35.5. The summed E-state index contributed by atoms with van der Waals surface area (Å²) in [6.45, 7) is 0. The summed E-state index contributed by atoms with van der Waals surface area (Å²) < 4.78 is 30.4. The molecule has 0 fully saturated rings. The van der Waals surface area contributed by atoms with Crippen LogP contribution in [0.1, 0.15) is 17.3 Å². The van der Waals surface area contributed by atoms with Gasteiger partial charge in [-0.2, -0.15) is 0 Å². The number of rotatable bonds is 5. The second-order valence-electron chi connectivity index (χ2n) is 5.73. The van der Waals surface area contributed by atoms with E-state index in [9.17, 15) is 8.60 Å². The molecule has 1 aliphatic heterocycles. The van der Waals surface area contributed by atoms with E-state index in [0.717, 1.165) is 11.3 Å². The molecule has 2 aromatic carbocycles. The summed E-state index contributed by atoms with van der Waals surface area (Å²) in [6.07, 6.45) is 4.22. The molecule has 0 radical (unpaired) electrons. The van der Waals surface area contributed by atoms with Crippen molar-refractivity contribution in [2.45, 2.75) is 11.9 Å². The van der Waals surface area contributed by atoms with Crippen LogP contribution in [0.15, 0.2) is 46.4 Å². The summed E-state index contributed by atoms with van der Waals surface area (Å²) in [5.74, 6) is 0.400. The summed E-state index contributed by atoms with van der Waals surface area (Å²) in [5.41, 5.74) is 2.29. The predicted molar refractivity (Wildman–Crippen MR) is 104 cm³/mol. The molecule has 0 aliphatic carbocycles. The Morgan fingerprint density at radius 2 is 2.12 bits per heavy atom. The van der Waals surface area contributed by atoms with E-state index < -0.39 is 17.0 Å². The lowest BCUT2D eigenvalue weighted by atomic mass is 10.1. The van der Waals surface area contributed by atoms with Gasteiger partial charge in [0.05, 0.1) is 13.4 Å². The van der Waals surface area contributed by atoms with Crippen LogP contribution in [0.2, 0.25) is 5.02 Å². The molecular formula is C18H17ClFN3O2S. The van der Waals surface area contributed by atoms with Gasteiger partial charge in [-0.1, -0.05) is 11.6 Å². The molecule has 0 aromatic heterocycles. The van der Waals surface area contributed by atoms with Gasteiger partial charge in [0.25, 0.3) is 0 Å². The molecule has 1 aliphatic rings. The topological polar surface area (TPSA) is 54.3 Å². The standard InChI is InChI=1S/C18H17ClFN3O2S/c1-25-17-8-14(20)3-4-16(17)18-22-10-21-11-23(18)15-6-12(9-26(2)24)5-13(19)7-15/h3-8,10-11,18H,9H2,1-2H3. The normalized spacial score (nSPS) is 17.4. The quantitative estimate of drug-likeness (QED) is 0.773. The molecule has 5 nitrogen and oxygen atoms in total. The molecule has 3 rings (SSSR count). The van der Waals surface area contributed by atoms with E-state index in [4.69, 9.17) is 16.3 Å². The first-order valence-electron chi connectivity index (χ1n) is 7.74. The lowest BCUT2D eigenvalue weighted by Crippen LogP contribution is -2.29. The number of methoxy groups -OCH3 is 1. The Hall–Kier alpha value is -2.25. The zero-order chi connectivity index (χ0) is 18.7. The largest absolute Gasteiger partial charge is 0.496 e. The van der Waals surface area contributed by atoms with Crippen LogP contribution in [0.5, 0.6) is 5.75 Å². The van der Waals surface area contributed by atoms with E-state index in [0.29, 0.717) is 22.1 Å². The van der Waals surface area contributed by atoms with Crippen LogP contribution in [0.3, 0.4) is 0 Å². The van der Waals surface area contributed by atoms with Gasteiger partial charge in [0.15, 0.2) is 6.17 Å². The van der Waals surface area contributed by atoms with Gasteiger partial charge in [0.1, 0.15) is 17.9 Å². The maximum atomic E-state index is 13.5. The van der Waals surface area contributed by atoms with Crippen molar-refractivity contribution < 1.29 is 13.3 Å². The van der Waals surface area contributed by atoms with Crippen LogP contribution in [0, 0.1) is 5.82 Å². The fourth-order valence-electron chi connectivity index (χ4n) is 2.77. The van der Waals surface area contributed by atoms with E-state index in [1.807, 2.05) is 11.0 Å². The maximum Gasteiger partial charge on any atom is 0.157 e. The minimum Gasteiger partial charge on any atom is -0.496 e. The van der Waals surface area contributed by atoms with E-state index in [2.05, 4.69) is 9.98 Å². The van der Waals surface area contributed by atoms with Gasteiger partial charge in [-0.15, -0.1) is 0 Å². The van der Waals surface area contributed by atoms with Crippen molar-refractivity contribution in [2.24, 2.45) is 9.98 Å². The lowest BCUT2D eigenvalue weighted by Gasteiger charge is -2.30. The molecule has 8 heteroatoms. The number of hydrogen-bond donors (Lipinski definition) is 0. The Morgan fingerprint density at radius 1 is 1.31 bits per heavy atom. The third-order valence-electron chi connectivity index (χ3n) is 3.81. The second kappa shape index (κ2) is 7.97. The van der Waals surface area contributed by atoms with Gasteiger partial charge in [0.2, 0.25) is 0 Å². The molecule has 0 bridgehead atoms. The summed E-state index contributed by atoms with van der Waals surface area (Å²) in [4.78, 5) is 10.3. The Morgan fingerprint density at radius 3 is 2.85 bits per heavy atom. The molecule has 0 saturated heterocycles. The Kier molecular flexibility index (Phi) is 5.68. The summed E-state index contributed by atoms with van der Waals surface area (Å²) >= 11 is 6.24. The number of halogens is 2. The van der Waals surface area contributed by atoms with E-state index >= 15 is 0 Å². The number of hydrogen-bond acceptors (Lipinski definition) is 5. The summed E-state index contributed by atoms with van der Waals surface area (Å²) in [7, 11) is 0.491. The third-order valence-corrected chi connectivity index (χ3v) is 4.77. The molecule has 2 unspecified atom stereocenters. The van der Waals surface area contributed by atoms with Crippen molar-refractivity contribution in [3.05, 3.63) is 58.4 Å². The van der Waals surface area contributed by atoms with E-state index in [-0.39, 0.29) is 5.82 Å². The van der Waals surface area contributed by atoms with Crippen LogP contribution in [-0.4, -0.2) is 30.3 Å². The average Bonchev–Trinajstić information content (AvgIpc) is 2.60. The Bertz CT molecular complexity index is 904. The fourth-order valence-corrected chi connectivity index (χ4v) is 3.66. The summed E-state index contributed by atoms with van der Waals surface area (Å²) in [6, 6.07) is 9.77. The van der Waals surface area contributed by atoms with Crippen molar-refractivity contribution >= 4 is 40.8 Å². The van der Waals surface area contributed by atoms with E-state index in [1.54, 1.807) is 30.8 Å². The van der Waals surface area contributed by atoms with Gasteiger partial charge >= 0.3 is 0 Å². The first-order valence-corrected chi connectivity index (χ1v) is 9.84. The highest BCUT2D eigenvalue weighted by Crippen LogP contribution is 2.35. The number of benzene rings is 2. The first kappa shape index (κ1) is 18.5. The minimum absolute atomic E-state index is 0.388. The molecule has 136 valence electrons. The van der Waals surface area contributed by atoms with Crippen LogP contribution >= 0.6 is 11.6 Å². The highest BCUT2D eigenvalue weighted by molar-refractivity contribution is 7.83. The number of nitrogens with zero attached hydrogens (tertiary/aromatic N) is 3. The highest BCUT2D eigenvalue weighted by Gasteiger charge is 2.24. The van der Waals surface area contributed by atoms with Crippen LogP contribution < -0.4 is 9.64 Å². The number of aliphatic imine (C=N–C) groups is 2. The molecule has 2 aromatic rings. The van der Waals surface area contributed by atoms with Crippen molar-refractivity contribution in [1.82, 2.24) is 0 Å². The molecule has 0 N–H and O–H groups in total. The maximum absolute atomic E-state index is 13.5. The van der Waals surface area contributed by atoms with Crippen LogP contribution in [-0.2, 0) is 16.6 Å². The van der Waals surface area contributed by atoms with E-state index in [1.165, 1.54) is 25.6 Å². The molecule has 0 amide bonds. The zero-order valence-electron chi connectivity index (χ0n) is 14.2. The Labute approximate surface area is 158 Å². The average molecular weight is 394 g/mol. The van der Waals surface area contributed by atoms with Crippen LogP contribution in [0.4, 0.5) is 10.1 Å². The van der Waals surface area contributed by atoms with Gasteiger partial charge < -0.3 is 9.64 Å². The van der Waals surface area contributed by atoms with Crippen molar-refractivity contribution in [3.63, 3.8) is 0 Å². The molecule has 1 heterocycles. The molecule has 2 atom stereocenters. The number of ether oxygens (including phenoxy) is 1. The summed E-state index contributed by atoms with van der Waals surface area (Å²) in [5, 5.41) is 0.524. The van der Waals surface area contributed by atoms with Gasteiger partial charge in [0, 0.05) is 45.1 Å². The molecule has 0 spiro atoms. The monoisotopic (exact) mass is 393 g/mol. The van der Waals surface area contributed by atoms with Gasteiger partial charge in [-0.25, -0.2) is 14.4 Å².